The highest BCUT2D eigenvalue weighted by Gasteiger charge is 2.12. The molecule has 4 nitrogen and oxygen atoms in total. The number of thiocarbonyl (C=S) groups is 1. The number of rotatable bonds is 4. The van der Waals surface area contributed by atoms with Gasteiger partial charge in [0.2, 0.25) is 0 Å². The first-order chi connectivity index (χ1) is 9.47. The molecule has 0 atom stereocenters. The maximum absolute atomic E-state index is 13.8. The van der Waals surface area contributed by atoms with E-state index in [1.165, 1.54) is 0 Å². The number of nitrogens with one attached hydrogen (secondary N) is 1. The molecule has 0 fully saturated rings. The van der Waals surface area contributed by atoms with Crippen LogP contribution in [0.15, 0.2) is 24.5 Å². The largest absolute Gasteiger partial charge is 0.389 e. The van der Waals surface area contributed by atoms with Gasteiger partial charge in [-0.3, -0.25) is 9.97 Å². The first kappa shape index (κ1) is 14.3. The second-order valence-corrected chi connectivity index (χ2v) is 4.62. The highest BCUT2D eigenvalue weighted by molar-refractivity contribution is 7.80. The quantitative estimate of drug-likeness (QED) is 0.847. The lowest BCUT2D eigenvalue weighted by molar-refractivity contribution is 0.587. The molecule has 1 heterocycles. The molecule has 0 aliphatic carbocycles. The lowest BCUT2D eigenvalue weighted by atomic mass is 10.2. The molecule has 7 heteroatoms. The van der Waals surface area contributed by atoms with Gasteiger partial charge in [-0.05, 0) is 19.1 Å². The van der Waals surface area contributed by atoms with Crippen LogP contribution in [0.3, 0.4) is 0 Å². The molecule has 104 valence electrons. The van der Waals surface area contributed by atoms with Gasteiger partial charge in [0.15, 0.2) is 0 Å². The van der Waals surface area contributed by atoms with Crippen molar-refractivity contribution in [3.63, 3.8) is 0 Å². The van der Waals surface area contributed by atoms with Crippen molar-refractivity contribution in [2.75, 3.05) is 5.32 Å². The van der Waals surface area contributed by atoms with Crippen molar-refractivity contribution < 1.29 is 8.78 Å². The van der Waals surface area contributed by atoms with Gasteiger partial charge in [-0.25, -0.2) is 8.78 Å². The zero-order valence-corrected chi connectivity index (χ0v) is 11.5. The monoisotopic (exact) mass is 294 g/mol. The maximum Gasteiger partial charge on any atom is 0.150 e. The summed E-state index contributed by atoms with van der Waals surface area (Å²) >= 11 is 4.68. The molecule has 0 bridgehead atoms. The van der Waals surface area contributed by atoms with Crippen molar-refractivity contribution in [2.45, 2.75) is 13.5 Å². The van der Waals surface area contributed by atoms with E-state index in [-0.39, 0.29) is 22.8 Å². The molecule has 0 spiro atoms. The normalized spacial score (nSPS) is 10.3. The number of nitrogens with two attached hydrogens (primary N) is 1. The van der Waals surface area contributed by atoms with Crippen LogP contribution in [-0.2, 0) is 6.54 Å². The van der Waals surface area contributed by atoms with Crippen molar-refractivity contribution in [2.24, 2.45) is 5.73 Å². The Kier molecular flexibility index (Phi) is 4.19. The third kappa shape index (κ3) is 3.24. The second kappa shape index (κ2) is 5.87. The standard InChI is InChI=1S/C13H12F2N4S/c1-7-4-18-9(5-17-7)6-19-12-10(14)2-8(13(16)20)3-11(12)15/h2-5,19H,6H2,1H3,(H2,16,20). The summed E-state index contributed by atoms with van der Waals surface area (Å²) in [5.41, 5.74) is 6.59. The van der Waals surface area contributed by atoms with Gasteiger partial charge in [0.25, 0.3) is 0 Å². The Balaban J connectivity index is 2.17. The summed E-state index contributed by atoms with van der Waals surface area (Å²) in [6, 6.07) is 2.18. The second-order valence-electron chi connectivity index (χ2n) is 4.18. The van der Waals surface area contributed by atoms with E-state index in [1.54, 1.807) is 19.3 Å². The molecule has 3 N–H and O–H groups in total. The molecule has 0 radical (unpaired) electrons. The van der Waals surface area contributed by atoms with Gasteiger partial charge in [0, 0.05) is 11.8 Å². The summed E-state index contributed by atoms with van der Waals surface area (Å²) in [4.78, 5) is 8.08. The van der Waals surface area contributed by atoms with Crippen LogP contribution < -0.4 is 11.1 Å². The van der Waals surface area contributed by atoms with E-state index < -0.39 is 11.6 Å². The lowest BCUT2D eigenvalue weighted by Crippen LogP contribution is -2.12. The molecule has 0 saturated heterocycles. The van der Waals surface area contributed by atoms with E-state index >= 15 is 0 Å². The summed E-state index contributed by atoms with van der Waals surface area (Å²) in [7, 11) is 0. The van der Waals surface area contributed by atoms with Crippen LogP contribution in [0.25, 0.3) is 0 Å². The van der Waals surface area contributed by atoms with E-state index in [0.29, 0.717) is 5.69 Å². The van der Waals surface area contributed by atoms with Crippen LogP contribution in [0.1, 0.15) is 17.0 Å². The average molecular weight is 294 g/mol. The third-order valence-corrected chi connectivity index (χ3v) is 2.84. The van der Waals surface area contributed by atoms with E-state index in [9.17, 15) is 8.78 Å². The van der Waals surface area contributed by atoms with Crippen LogP contribution in [0.4, 0.5) is 14.5 Å². The van der Waals surface area contributed by atoms with Crippen molar-refractivity contribution in [3.05, 3.63) is 53.1 Å². The van der Waals surface area contributed by atoms with Gasteiger partial charge in [-0.15, -0.1) is 0 Å². The van der Waals surface area contributed by atoms with E-state index in [4.69, 9.17) is 5.73 Å². The zero-order chi connectivity index (χ0) is 14.7. The molecule has 0 aliphatic rings. The molecular weight excluding hydrogens is 282 g/mol. The molecule has 0 saturated carbocycles. The minimum atomic E-state index is -0.757. The Morgan fingerprint density at radius 2 is 1.90 bits per heavy atom. The Labute approximate surface area is 120 Å². The number of aryl methyl sites for hydroxylation is 1. The smallest absolute Gasteiger partial charge is 0.150 e. The van der Waals surface area contributed by atoms with Gasteiger partial charge in [0.1, 0.15) is 22.3 Å². The zero-order valence-electron chi connectivity index (χ0n) is 10.7. The van der Waals surface area contributed by atoms with Crippen LogP contribution in [0.2, 0.25) is 0 Å². The Morgan fingerprint density at radius 1 is 1.25 bits per heavy atom. The molecule has 0 aliphatic heterocycles. The fraction of sp³-hybridized carbons (Fsp3) is 0.154. The average Bonchev–Trinajstić information content (AvgIpc) is 2.39. The first-order valence-electron chi connectivity index (χ1n) is 5.77. The van der Waals surface area contributed by atoms with Crippen LogP contribution in [-0.4, -0.2) is 15.0 Å². The van der Waals surface area contributed by atoms with Gasteiger partial charge in [-0.2, -0.15) is 0 Å². The Bertz CT molecular complexity index is 620. The van der Waals surface area contributed by atoms with Gasteiger partial charge >= 0.3 is 0 Å². The minimum absolute atomic E-state index is 0.0567. The van der Waals surface area contributed by atoms with E-state index in [0.717, 1.165) is 17.8 Å². The van der Waals surface area contributed by atoms with E-state index in [1.807, 2.05) is 0 Å². The highest BCUT2D eigenvalue weighted by Crippen LogP contribution is 2.21. The molecule has 2 rings (SSSR count). The van der Waals surface area contributed by atoms with Gasteiger partial charge < -0.3 is 11.1 Å². The SMILES string of the molecule is Cc1cnc(CNc2c(F)cc(C(N)=S)cc2F)cn1. The number of anilines is 1. The fourth-order valence-corrected chi connectivity index (χ4v) is 1.69. The highest BCUT2D eigenvalue weighted by atomic mass is 32.1. The van der Waals surface area contributed by atoms with Gasteiger partial charge in [-0.1, -0.05) is 12.2 Å². The predicted octanol–water partition coefficient (Wildman–Crippen LogP) is 2.31. The number of hydrogen-bond acceptors (Lipinski definition) is 4. The van der Waals surface area contributed by atoms with Crippen molar-refractivity contribution in [1.82, 2.24) is 9.97 Å². The summed E-state index contributed by atoms with van der Waals surface area (Å²) in [6.07, 6.45) is 3.13. The first-order valence-corrected chi connectivity index (χ1v) is 6.18. The summed E-state index contributed by atoms with van der Waals surface area (Å²) in [6.45, 7) is 1.96. The molecule has 1 aromatic carbocycles. The molecule has 1 aromatic heterocycles. The van der Waals surface area contributed by atoms with Crippen LogP contribution >= 0.6 is 12.2 Å². The Morgan fingerprint density at radius 3 is 2.40 bits per heavy atom. The Hall–Kier alpha value is -2.15. The third-order valence-electron chi connectivity index (χ3n) is 2.61. The number of aromatic nitrogens is 2. The maximum atomic E-state index is 13.8. The number of halogens is 2. The van der Waals surface area contributed by atoms with Crippen molar-refractivity contribution >= 4 is 22.9 Å². The van der Waals surface area contributed by atoms with Gasteiger partial charge in [0.05, 0.1) is 24.1 Å². The van der Waals surface area contributed by atoms with Crippen molar-refractivity contribution in [1.29, 1.82) is 0 Å². The molecular formula is C13H12F2N4S. The minimum Gasteiger partial charge on any atom is -0.389 e. The fourth-order valence-electron chi connectivity index (χ4n) is 1.57. The number of nitrogens with zero attached hydrogens (tertiary/aromatic N) is 2. The molecule has 0 amide bonds. The number of hydrogen-bond donors (Lipinski definition) is 2. The molecule has 0 unspecified atom stereocenters. The van der Waals surface area contributed by atoms with E-state index in [2.05, 4.69) is 27.5 Å². The number of benzene rings is 1. The molecule has 20 heavy (non-hydrogen) atoms. The van der Waals surface area contributed by atoms with Crippen molar-refractivity contribution in [3.8, 4) is 0 Å². The summed E-state index contributed by atoms with van der Waals surface area (Å²) in [5, 5.41) is 2.65. The predicted molar refractivity (Wildman–Crippen MR) is 76.3 cm³/mol. The van der Waals surface area contributed by atoms with Crippen LogP contribution in [0, 0.1) is 18.6 Å². The lowest BCUT2D eigenvalue weighted by Gasteiger charge is -2.10. The molecule has 2 aromatic rings. The summed E-state index contributed by atoms with van der Waals surface area (Å²) in [5.74, 6) is -1.51. The topological polar surface area (TPSA) is 63.8 Å². The summed E-state index contributed by atoms with van der Waals surface area (Å²) < 4.78 is 27.6. The van der Waals surface area contributed by atoms with Crippen LogP contribution in [0.5, 0.6) is 0 Å².